The van der Waals surface area contributed by atoms with E-state index in [4.69, 9.17) is 15.3 Å². The van der Waals surface area contributed by atoms with Crippen molar-refractivity contribution >= 4 is 11.9 Å². The smallest absolute Gasteiger partial charge is 0.315 e. The molecule has 18 heavy (non-hydrogen) atoms. The summed E-state index contributed by atoms with van der Waals surface area (Å²) >= 11 is 0. The van der Waals surface area contributed by atoms with Gasteiger partial charge in [-0.25, -0.2) is 0 Å². The molecule has 1 saturated carbocycles. The first-order valence-electron chi connectivity index (χ1n) is 5.40. The Morgan fingerprint density at radius 3 is 2.00 bits per heavy atom. The van der Waals surface area contributed by atoms with Gasteiger partial charge in [0.25, 0.3) is 0 Å². The molecule has 0 bridgehead atoms. The minimum absolute atomic E-state index is 0.408. The molecule has 0 heterocycles. The van der Waals surface area contributed by atoms with Gasteiger partial charge in [-0.3, -0.25) is 9.59 Å². The first kappa shape index (κ1) is 14.0. The number of hydrogen-bond acceptors (Lipinski definition) is 6. The summed E-state index contributed by atoms with van der Waals surface area (Å²) in [6, 6.07) is 3.53. The van der Waals surface area contributed by atoms with Crippen molar-refractivity contribution in [2.45, 2.75) is 19.8 Å². The van der Waals surface area contributed by atoms with E-state index >= 15 is 0 Å². The van der Waals surface area contributed by atoms with E-state index in [2.05, 4.69) is 4.74 Å². The van der Waals surface area contributed by atoms with Crippen LogP contribution in [0.3, 0.4) is 0 Å². The molecule has 0 amide bonds. The Labute approximate surface area is 105 Å². The molecule has 6 nitrogen and oxygen atoms in total. The predicted octanol–water partition coefficient (Wildman–Crippen LogP) is 0.782. The Morgan fingerprint density at radius 2 is 1.72 bits per heavy atom. The van der Waals surface area contributed by atoms with Gasteiger partial charge < -0.3 is 9.47 Å². The van der Waals surface area contributed by atoms with Gasteiger partial charge in [-0.1, -0.05) is 0 Å². The normalized spacial score (nSPS) is 19.0. The van der Waals surface area contributed by atoms with Crippen LogP contribution >= 0.6 is 0 Å². The van der Waals surface area contributed by atoms with E-state index in [0.717, 1.165) is 0 Å². The Kier molecular flexibility index (Phi) is 3.62. The van der Waals surface area contributed by atoms with Gasteiger partial charge in [0.1, 0.15) is 11.3 Å². The number of nitrogens with zero attached hydrogens (tertiary/aromatic N) is 2. The lowest BCUT2D eigenvalue weighted by molar-refractivity contribution is -0.169. The van der Waals surface area contributed by atoms with E-state index in [1.165, 1.54) is 21.1 Å². The molecule has 1 aliphatic rings. The molecule has 0 spiro atoms. The van der Waals surface area contributed by atoms with Crippen molar-refractivity contribution in [3.8, 4) is 12.1 Å². The van der Waals surface area contributed by atoms with Gasteiger partial charge in [-0.15, -0.1) is 0 Å². The number of esters is 2. The van der Waals surface area contributed by atoms with Crippen molar-refractivity contribution in [3.05, 3.63) is 0 Å². The zero-order chi connectivity index (χ0) is 14.0. The average Bonchev–Trinajstić information content (AvgIpc) is 3.19. The van der Waals surface area contributed by atoms with Gasteiger partial charge in [0, 0.05) is 0 Å². The van der Waals surface area contributed by atoms with Crippen LogP contribution in [-0.4, -0.2) is 26.2 Å². The van der Waals surface area contributed by atoms with Gasteiger partial charge >= 0.3 is 11.9 Å². The zero-order valence-electron chi connectivity index (χ0n) is 10.5. The highest BCUT2D eigenvalue weighted by molar-refractivity contribution is 5.91. The summed E-state index contributed by atoms with van der Waals surface area (Å²) in [5, 5.41) is 18.0. The van der Waals surface area contributed by atoms with Gasteiger partial charge in [0.15, 0.2) is 0 Å². The molecule has 0 aliphatic heterocycles. The van der Waals surface area contributed by atoms with E-state index in [-0.39, 0.29) is 0 Å². The molecule has 96 valence electrons. The van der Waals surface area contributed by atoms with Crippen LogP contribution in [0.15, 0.2) is 0 Å². The third-order valence-electron chi connectivity index (χ3n) is 3.77. The van der Waals surface area contributed by atoms with Crippen LogP contribution in [0.25, 0.3) is 0 Å². The molecule has 1 aliphatic carbocycles. The molecule has 6 heteroatoms. The van der Waals surface area contributed by atoms with Crippen molar-refractivity contribution < 1.29 is 19.1 Å². The lowest BCUT2D eigenvalue weighted by Crippen LogP contribution is -2.48. The molecule has 0 N–H and O–H groups in total. The summed E-state index contributed by atoms with van der Waals surface area (Å²) in [7, 11) is 2.38. The van der Waals surface area contributed by atoms with Crippen molar-refractivity contribution in [1.29, 1.82) is 10.5 Å². The second-order valence-electron chi connectivity index (χ2n) is 4.46. The second kappa shape index (κ2) is 4.66. The first-order chi connectivity index (χ1) is 8.44. The van der Waals surface area contributed by atoms with Crippen LogP contribution in [0.4, 0.5) is 0 Å². The van der Waals surface area contributed by atoms with Crippen molar-refractivity contribution in [2.75, 3.05) is 14.2 Å². The quantitative estimate of drug-likeness (QED) is 0.683. The van der Waals surface area contributed by atoms with Crippen molar-refractivity contribution in [1.82, 2.24) is 0 Å². The van der Waals surface area contributed by atoms with E-state index < -0.39 is 28.7 Å². The van der Waals surface area contributed by atoms with Crippen molar-refractivity contribution in [2.24, 2.45) is 16.7 Å². The molecule has 1 fully saturated rings. The number of rotatable bonds is 4. The third kappa shape index (κ3) is 1.62. The van der Waals surface area contributed by atoms with Crippen LogP contribution in [0.5, 0.6) is 0 Å². The number of carbonyl (C=O) groups excluding carboxylic acids is 2. The number of nitriles is 2. The molecular formula is C12H14N2O4. The zero-order valence-corrected chi connectivity index (χ0v) is 10.5. The molecular weight excluding hydrogens is 236 g/mol. The molecule has 0 saturated heterocycles. The SMILES string of the molecule is COC(=O)C1(C(C)(C(=O)OC)C(C#N)C#N)CC1. The van der Waals surface area contributed by atoms with E-state index in [1.54, 1.807) is 12.1 Å². The van der Waals surface area contributed by atoms with Crippen LogP contribution in [0, 0.1) is 39.4 Å². The fourth-order valence-corrected chi connectivity index (χ4v) is 2.34. The van der Waals surface area contributed by atoms with E-state index in [1.807, 2.05) is 0 Å². The number of carbonyl (C=O) groups is 2. The van der Waals surface area contributed by atoms with Gasteiger partial charge in [0.2, 0.25) is 0 Å². The lowest BCUT2D eigenvalue weighted by atomic mass is 9.66. The highest BCUT2D eigenvalue weighted by Gasteiger charge is 2.70. The summed E-state index contributed by atoms with van der Waals surface area (Å²) in [4.78, 5) is 23.8. The van der Waals surface area contributed by atoms with Crippen LogP contribution in [-0.2, 0) is 19.1 Å². The van der Waals surface area contributed by atoms with Crippen LogP contribution in [0.2, 0.25) is 0 Å². The Bertz CT molecular complexity index is 442. The average molecular weight is 250 g/mol. The number of methoxy groups -OCH3 is 2. The van der Waals surface area contributed by atoms with Crippen molar-refractivity contribution in [3.63, 3.8) is 0 Å². The second-order valence-corrected chi connectivity index (χ2v) is 4.46. The molecule has 0 aromatic rings. The highest BCUT2D eigenvalue weighted by atomic mass is 16.5. The fraction of sp³-hybridized carbons (Fsp3) is 0.667. The highest BCUT2D eigenvalue weighted by Crippen LogP contribution is 2.62. The minimum Gasteiger partial charge on any atom is -0.469 e. The third-order valence-corrected chi connectivity index (χ3v) is 3.77. The Morgan fingerprint density at radius 1 is 1.22 bits per heavy atom. The fourth-order valence-electron chi connectivity index (χ4n) is 2.34. The maximum Gasteiger partial charge on any atom is 0.315 e. The largest absolute Gasteiger partial charge is 0.469 e. The van der Waals surface area contributed by atoms with E-state index in [0.29, 0.717) is 12.8 Å². The minimum atomic E-state index is -1.50. The van der Waals surface area contributed by atoms with Crippen LogP contribution in [0.1, 0.15) is 19.8 Å². The number of ether oxygens (including phenoxy) is 2. The van der Waals surface area contributed by atoms with Gasteiger partial charge in [-0.05, 0) is 19.8 Å². The standard InChI is InChI=1S/C12H14N2O4/c1-11(9(15)17-2,8(6-13)7-14)12(4-5-12)10(16)18-3/h8H,4-5H2,1-3H3. The predicted molar refractivity (Wildman–Crippen MR) is 58.5 cm³/mol. The summed E-state index contributed by atoms with van der Waals surface area (Å²) < 4.78 is 9.36. The Balaban J connectivity index is 3.32. The van der Waals surface area contributed by atoms with Crippen LogP contribution < -0.4 is 0 Å². The maximum atomic E-state index is 12.0. The maximum absolute atomic E-state index is 12.0. The molecule has 1 atom stereocenters. The lowest BCUT2D eigenvalue weighted by Gasteiger charge is -2.34. The topological polar surface area (TPSA) is 100 Å². The monoisotopic (exact) mass is 250 g/mol. The number of hydrogen-bond donors (Lipinski definition) is 0. The summed E-state index contributed by atoms with van der Waals surface area (Å²) in [5.41, 5.74) is -2.62. The summed E-state index contributed by atoms with van der Waals surface area (Å²) in [5.74, 6) is -2.57. The molecule has 1 rings (SSSR count). The first-order valence-corrected chi connectivity index (χ1v) is 5.40. The van der Waals surface area contributed by atoms with Gasteiger partial charge in [-0.2, -0.15) is 10.5 Å². The van der Waals surface area contributed by atoms with Gasteiger partial charge in [0.05, 0.1) is 31.8 Å². The Hall–Kier alpha value is -2.08. The molecule has 1 unspecified atom stereocenters. The molecule has 0 aromatic carbocycles. The summed E-state index contributed by atoms with van der Waals surface area (Å²) in [6.45, 7) is 1.42. The molecule has 0 aromatic heterocycles. The summed E-state index contributed by atoms with van der Waals surface area (Å²) in [6.07, 6.45) is 0.816. The molecule has 0 radical (unpaired) electrons. The van der Waals surface area contributed by atoms with E-state index in [9.17, 15) is 9.59 Å².